The maximum Gasteiger partial charge on any atom is 0.303 e. The molecule has 3 heterocycles. The van der Waals surface area contributed by atoms with Crippen molar-refractivity contribution in [2.24, 2.45) is 0 Å². The second-order valence-corrected chi connectivity index (χ2v) is 8.65. The molecule has 1 saturated heterocycles. The summed E-state index contributed by atoms with van der Waals surface area (Å²) in [7, 11) is 1.50. The average Bonchev–Trinajstić information content (AvgIpc) is 2.77. The van der Waals surface area contributed by atoms with Crippen molar-refractivity contribution in [3.8, 4) is 22.9 Å². The summed E-state index contributed by atoms with van der Waals surface area (Å²) in [6.45, 7) is 3.66. The van der Waals surface area contributed by atoms with E-state index in [1.165, 1.54) is 39.6 Å². The average molecular weight is 511 g/mol. The van der Waals surface area contributed by atoms with Gasteiger partial charge in [-0.15, -0.1) is 11.8 Å². The fourth-order valence-electron chi connectivity index (χ4n) is 3.34. The molecule has 0 N–H and O–H groups in total. The molecule has 0 aliphatic carbocycles. The van der Waals surface area contributed by atoms with Gasteiger partial charge in [-0.25, -0.2) is 9.97 Å². The number of carbonyl (C=O) groups is 3. The molecule has 2 aromatic heterocycles. The van der Waals surface area contributed by atoms with Gasteiger partial charge < -0.3 is 23.7 Å². The molecule has 1 fully saturated rings. The van der Waals surface area contributed by atoms with Crippen molar-refractivity contribution in [3.05, 3.63) is 35.6 Å². The number of hydrogen-bond acceptors (Lipinski definition) is 11. The van der Waals surface area contributed by atoms with E-state index < -0.39 is 41.7 Å². The summed E-state index contributed by atoms with van der Waals surface area (Å²) in [5, 5.41) is 0.0525. The van der Waals surface area contributed by atoms with Gasteiger partial charge in [0.15, 0.2) is 34.7 Å². The predicted molar refractivity (Wildman–Crippen MR) is 123 cm³/mol. The molecule has 1 aliphatic rings. The Balaban J connectivity index is 1.88. The van der Waals surface area contributed by atoms with Crippen molar-refractivity contribution in [2.75, 3.05) is 12.9 Å². The summed E-state index contributed by atoms with van der Waals surface area (Å²) in [6, 6.07) is 6.83. The first kappa shape index (κ1) is 25.6. The van der Waals surface area contributed by atoms with E-state index in [1.54, 1.807) is 30.5 Å². The van der Waals surface area contributed by atoms with Gasteiger partial charge in [0.25, 0.3) is 0 Å². The molecule has 0 radical (unpaired) electrons. The molecular formula is C22H23ClN2O8S. The molecule has 34 heavy (non-hydrogen) atoms. The molecule has 1 aliphatic heterocycles. The minimum Gasteiger partial charge on any atom is -0.481 e. The third-order valence-electron chi connectivity index (χ3n) is 4.60. The minimum absolute atomic E-state index is 0.0525. The lowest BCUT2D eigenvalue weighted by Crippen LogP contribution is -2.55. The number of thioether (sulfide) groups is 1. The van der Waals surface area contributed by atoms with Crippen LogP contribution in [-0.2, 0) is 28.6 Å². The first-order valence-electron chi connectivity index (χ1n) is 10.2. The van der Waals surface area contributed by atoms with E-state index in [0.29, 0.717) is 17.1 Å². The Morgan fingerprint density at radius 2 is 1.68 bits per heavy atom. The Kier molecular flexibility index (Phi) is 8.56. The zero-order valence-electron chi connectivity index (χ0n) is 18.8. The van der Waals surface area contributed by atoms with Crippen molar-refractivity contribution in [3.63, 3.8) is 0 Å². The van der Waals surface area contributed by atoms with Gasteiger partial charge >= 0.3 is 17.9 Å². The first-order chi connectivity index (χ1) is 16.2. The standard InChI is InChI=1S/C22H23ClN2O8S/c1-11(26)30-17-10-34-22(19(32-13(3)28)18(17)31-12(2)27)33-16-8-7-15(25-20(16)23)14-6-5-9-24-21(14)29-4/h5-9,17-19,22H,10H2,1-4H3/t17-,18+,19-,22-/m1/s1. The third-order valence-corrected chi connectivity index (χ3v) is 6.09. The summed E-state index contributed by atoms with van der Waals surface area (Å²) >= 11 is 7.62. The van der Waals surface area contributed by atoms with Crippen LogP contribution in [0, 0.1) is 0 Å². The van der Waals surface area contributed by atoms with Crippen LogP contribution in [0.1, 0.15) is 20.8 Å². The van der Waals surface area contributed by atoms with Crippen molar-refractivity contribution < 1.29 is 38.1 Å². The number of halogens is 1. The van der Waals surface area contributed by atoms with E-state index in [2.05, 4.69) is 9.97 Å². The zero-order valence-corrected chi connectivity index (χ0v) is 20.4. The van der Waals surface area contributed by atoms with Crippen LogP contribution in [0.2, 0.25) is 5.15 Å². The Bertz CT molecular complexity index is 1070. The lowest BCUT2D eigenvalue weighted by Gasteiger charge is -2.39. The van der Waals surface area contributed by atoms with Gasteiger partial charge in [-0.3, -0.25) is 14.4 Å². The van der Waals surface area contributed by atoms with E-state index in [0.717, 1.165) is 0 Å². The maximum absolute atomic E-state index is 11.8. The second-order valence-electron chi connectivity index (χ2n) is 7.16. The van der Waals surface area contributed by atoms with Gasteiger partial charge in [-0.1, -0.05) is 11.6 Å². The van der Waals surface area contributed by atoms with Crippen LogP contribution in [0.15, 0.2) is 30.5 Å². The summed E-state index contributed by atoms with van der Waals surface area (Å²) in [5.41, 5.74) is 0.336. The van der Waals surface area contributed by atoms with E-state index in [4.69, 9.17) is 35.3 Å². The van der Waals surface area contributed by atoms with Crippen LogP contribution in [0.25, 0.3) is 11.3 Å². The molecule has 4 atom stereocenters. The molecule has 0 bridgehead atoms. The highest BCUT2D eigenvalue weighted by molar-refractivity contribution is 7.99. The maximum atomic E-state index is 11.8. The lowest BCUT2D eigenvalue weighted by molar-refractivity contribution is -0.186. The fraction of sp³-hybridized carbons (Fsp3) is 0.409. The van der Waals surface area contributed by atoms with Crippen LogP contribution in [0.5, 0.6) is 11.6 Å². The monoisotopic (exact) mass is 510 g/mol. The highest BCUT2D eigenvalue weighted by atomic mass is 35.5. The molecule has 0 amide bonds. The highest BCUT2D eigenvalue weighted by Crippen LogP contribution is 2.37. The minimum atomic E-state index is -1.07. The first-order valence-corrected chi connectivity index (χ1v) is 11.6. The Labute approximate surface area is 205 Å². The van der Waals surface area contributed by atoms with Gasteiger partial charge in [0, 0.05) is 32.7 Å². The van der Waals surface area contributed by atoms with Gasteiger partial charge in [0.1, 0.15) is 0 Å². The SMILES string of the molecule is COc1ncccc1-c1ccc(O[C@@H]2SC[C@@H](OC(C)=O)[C@H](OC(C)=O)[C@H]2OC(C)=O)c(Cl)n1. The molecule has 0 aromatic carbocycles. The molecule has 182 valence electrons. The molecule has 2 aromatic rings. The van der Waals surface area contributed by atoms with Crippen molar-refractivity contribution in [2.45, 2.75) is 44.5 Å². The van der Waals surface area contributed by atoms with Crippen molar-refractivity contribution in [1.29, 1.82) is 0 Å². The Morgan fingerprint density at radius 3 is 2.29 bits per heavy atom. The van der Waals surface area contributed by atoms with E-state index >= 15 is 0 Å². The highest BCUT2D eigenvalue weighted by Gasteiger charge is 2.47. The number of esters is 3. The third kappa shape index (κ3) is 6.29. The van der Waals surface area contributed by atoms with Crippen molar-refractivity contribution >= 4 is 41.3 Å². The Hall–Kier alpha value is -3.05. The number of methoxy groups -OCH3 is 1. The van der Waals surface area contributed by atoms with E-state index in [9.17, 15) is 14.4 Å². The number of carbonyl (C=O) groups excluding carboxylic acids is 3. The van der Waals surface area contributed by atoms with Crippen LogP contribution in [-0.4, -0.2) is 64.5 Å². The van der Waals surface area contributed by atoms with Crippen LogP contribution in [0.4, 0.5) is 0 Å². The number of ether oxygens (including phenoxy) is 5. The molecule has 0 saturated carbocycles. The summed E-state index contributed by atoms with van der Waals surface area (Å²) in [4.78, 5) is 43.6. The summed E-state index contributed by atoms with van der Waals surface area (Å²) in [5.74, 6) is -0.968. The molecule has 0 spiro atoms. The molecule has 3 rings (SSSR count). The molecule has 0 unspecified atom stereocenters. The number of nitrogens with zero attached hydrogens (tertiary/aromatic N) is 2. The van der Waals surface area contributed by atoms with Crippen LogP contribution in [0.3, 0.4) is 0 Å². The number of hydrogen-bond donors (Lipinski definition) is 0. The van der Waals surface area contributed by atoms with Gasteiger partial charge in [0.2, 0.25) is 5.88 Å². The van der Waals surface area contributed by atoms with Crippen LogP contribution >= 0.6 is 23.4 Å². The summed E-state index contributed by atoms with van der Waals surface area (Å²) in [6.07, 6.45) is -1.37. The lowest BCUT2D eigenvalue weighted by atomic mass is 10.1. The predicted octanol–water partition coefficient (Wildman–Crippen LogP) is 3.05. The zero-order chi connectivity index (χ0) is 24.8. The quantitative estimate of drug-likeness (QED) is 0.310. The molecule has 12 heteroatoms. The molecule has 10 nitrogen and oxygen atoms in total. The van der Waals surface area contributed by atoms with E-state index in [1.807, 2.05) is 0 Å². The van der Waals surface area contributed by atoms with Gasteiger partial charge in [0.05, 0.1) is 18.4 Å². The smallest absolute Gasteiger partial charge is 0.303 e. The second kappa shape index (κ2) is 11.4. The summed E-state index contributed by atoms with van der Waals surface area (Å²) < 4.78 is 27.4. The topological polar surface area (TPSA) is 123 Å². The molecular weight excluding hydrogens is 488 g/mol. The van der Waals surface area contributed by atoms with E-state index in [-0.39, 0.29) is 16.7 Å². The normalized spacial score (nSPS) is 21.8. The largest absolute Gasteiger partial charge is 0.481 e. The number of pyridine rings is 2. The van der Waals surface area contributed by atoms with Gasteiger partial charge in [-0.2, -0.15) is 0 Å². The fourth-order valence-corrected chi connectivity index (χ4v) is 4.75. The van der Waals surface area contributed by atoms with Crippen molar-refractivity contribution in [1.82, 2.24) is 9.97 Å². The van der Waals surface area contributed by atoms with Crippen LogP contribution < -0.4 is 9.47 Å². The van der Waals surface area contributed by atoms with Gasteiger partial charge in [-0.05, 0) is 24.3 Å². The Morgan fingerprint density at radius 1 is 1.00 bits per heavy atom. The number of aromatic nitrogens is 2. The number of rotatable bonds is 7.